The van der Waals surface area contributed by atoms with Crippen molar-refractivity contribution in [3.05, 3.63) is 50.6 Å². The van der Waals surface area contributed by atoms with E-state index in [4.69, 9.17) is 0 Å². The van der Waals surface area contributed by atoms with Gasteiger partial charge >= 0.3 is 0 Å². The van der Waals surface area contributed by atoms with Crippen LogP contribution in [0.2, 0.25) is 0 Å². The Morgan fingerprint density at radius 1 is 0.283 bits per heavy atom. The van der Waals surface area contributed by atoms with Gasteiger partial charge in [0.05, 0.1) is 0 Å². The number of rotatable bonds is 36. The quantitative estimate of drug-likeness (QED) is 0.0350. The molecule has 0 aliphatic rings. The minimum Gasteiger partial charge on any atom is -0.550 e. The summed E-state index contributed by atoms with van der Waals surface area (Å²) in [4.78, 5) is 40.2. The largest absolute Gasteiger partial charge is 0.550 e. The molecule has 8 nitrogen and oxygen atoms in total. The molecule has 0 saturated carbocycles. The predicted octanol–water partition coefficient (Wildman–Crippen LogP) is 7.79. The first-order valence-corrected chi connectivity index (χ1v) is 20.3. The van der Waals surface area contributed by atoms with Crippen molar-refractivity contribution in [2.75, 3.05) is 0 Å². The molecule has 0 unspecified atom stereocenters. The third-order valence-corrected chi connectivity index (χ3v) is 8.16. The number of unbranched alkanes of at least 4 members (excludes halogenated alkanes) is 24. The minimum atomic E-state index is -0.924. The van der Waals surface area contributed by atoms with Crippen molar-refractivity contribution in [1.29, 1.82) is 0 Å². The Hall–Kier alpha value is -2.24. The molecule has 0 aliphatic carbocycles. The van der Waals surface area contributed by atoms with Gasteiger partial charge in [0.15, 0.2) is 0 Å². The maximum atomic E-state index is 10.1. The number of carboxylic acid groups (broad SMARTS) is 4. The van der Waals surface area contributed by atoms with E-state index in [0.29, 0.717) is 0 Å². The van der Waals surface area contributed by atoms with Crippen molar-refractivity contribution in [3.8, 4) is 0 Å². The van der Waals surface area contributed by atoms with Gasteiger partial charge in [-0.1, -0.05) is 127 Å². The molecule has 0 aliphatic heterocycles. The second-order valence-corrected chi connectivity index (χ2v) is 13.3. The second kappa shape index (κ2) is 56.5. The summed E-state index contributed by atoms with van der Waals surface area (Å²) in [6, 6.07) is 0. The number of carbonyl (C=O) groups excluding carboxylic acids is 4. The van der Waals surface area contributed by atoms with Crippen LogP contribution in [0.4, 0.5) is 0 Å². The number of hydrogen-bond donors (Lipinski definition) is 0. The molecule has 0 aromatic rings. The molecule has 53 heavy (non-hydrogen) atoms. The van der Waals surface area contributed by atoms with Gasteiger partial charge in [0, 0.05) is 51.2 Å². The van der Waals surface area contributed by atoms with Crippen LogP contribution < -0.4 is 20.4 Å². The first kappa shape index (κ1) is 60.0. The van der Waals surface area contributed by atoms with Crippen LogP contribution in [0.5, 0.6) is 0 Å². The molecule has 0 saturated heterocycles. The SMILES string of the molecule is C=CCCCCCCCCC(=O)[O-].C=CCCCCCCCCC(=O)[O-].C=CCCCCCCCCC(=O)[O-].C=CCCCCCCCCC(=O)[O-].[Pb]. The maximum Gasteiger partial charge on any atom is 0.0414 e. The molecule has 0 atom stereocenters. The van der Waals surface area contributed by atoms with Crippen LogP contribution in [0.3, 0.4) is 0 Å². The zero-order chi connectivity index (χ0) is 39.8. The van der Waals surface area contributed by atoms with Crippen molar-refractivity contribution < 1.29 is 39.6 Å². The molecule has 0 heterocycles. The topological polar surface area (TPSA) is 161 Å². The molecule has 0 bridgehead atoms. The Morgan fingerprint density at radius 3 is 0.547 bits per heavy atom. The van der Waals surface area contributed by atoms with E-state index in [-0.39, 0.29) is 53.0 Å². The first-order valence-electron chi connectivity index (χ1n) is 20.3. The van der Waals surface area contributed by atoms with Crippen LogP contribution in [-0.4, -0.2) is 51.2 Å². The zero-order valence-corrected chi connectivity index (χ0v) is 37.4. The summed E-state index contributed by atoms with van der Waals surface area (Å²) in [5, 5.41) is 40.2. The number of hydrogen-bond acceptors (Lipinski definition) is 8. The molecule has 0 aromatic heterocycles. The normalized spacial score (nSPS) is 9.66. The number of aliphatic carboxylic acids is 4. The van der Waals surface area contributed by atoms with Gasteiger partial charge in [-0.05, 0) is 103 Å². The zero-order valence-electron chi connectivity index (χ0n) is 33.5. The van der Waals surface area contributed by atoms with Crippen molar-refractivity contribution in [1.82, 2.24) is 0 Å². The fourth-order valence-electron chi connectivity index (χ4n) is 5.06. The van der Waals surface area contributed by atoms with Crippen molar-refractivity contribution in [2.45, 2.75) is 205 Å². The summed E-state index contributed by atoms with van der Waals surface area (Å²) >= 11 is 0. The van der Waals surface area contributed by atoms with Crippen molar-refractivity contribution in [3.63, 3.8) is 0 Å². The average molecular weight is 940 g/mol. The second-order valence-electron chi connectivity index (χ2n) is 13.3. The van der Waals surface area contributed by atoms with E-state index in [1.165, 1.54) is 77.0 Å². The molecule has 4 radical (unpaired) electrons. The fourth-order valence-corrected chi connectivity index (χ4v) is 5.06. The summed E-state index contributed by atoms with van der Waals surface area (Å²) < 4.78 is 0. The molecule has 0 fully saturated rings. The molecule has 0 aromatic carbocycles. The molecule has 308 valence electrons. The van der Waals surface area contributed by atoms with E-state index in [1.807, 2.05) is 24.3 Å². The Balaban J connectivity index is -0.000000192. The summed E-state index contributed by atoms with van der Waals surface area (Å²) in [5.41, 5.74) is 0. The Kier molecular flexibility index (Phi) is 64.0. The van der Waals surface area contributed by atoms with E-state index < -0.39 is 23.9 Å². The van der Waals surface area contributed by atoms with E-state index in [9.17, 15) is 39.6 Å². The maximum absolute atomic E-state index is 10.1. The minimum absolute atomic E-state index is 0. The monoisotopic (exact) mass is 941 g/mol. The van der Waals surface area contributed by atoms with Gasteiger partial charge in [0.25, 0.3) is 0 Å². The molecular weight excluding hydrogens is 864 g/mol. The van der Waals surface area contributed by atoms with Crippen LogP contribution in [0.25, 0.3) is 0 Å². The fraction of sp³-hybridized carbons (Fsp3) is 0.727. The average Bonchev–Trinajstić information content (AvgIpc) is 3.10. The van der Waals surface area contributed by atoms with E-state index in [2.05, 4.69) is 26.3 Å². The standard InChI is InChI=1S/4C11H20O2.Pb/c4*1-2-3-4-5-6-7-8-9-10-11(12)13;/h4*2H,1,3-10H2,(H,12,13);/p-4. The Bertz CT molecular complexity index is 707. The van der Waals surface area contributed by atoms with E-state index >= 15 is 0 Å². The van der Waals surface area contributed by atoms with Gasteiger partial charge in [-0.2, -0.15) is 0 Å². The summed E-state index contributed by atoms with van der Waals surface area (Å²) in [6.07, 6.45) is 39.3. The molecule has 0 N–H and O–H groups in total. The van der Waals surface area contributed by atoms with Crippen LogP contribution in [-0.2, 0) is 19.2 Å². The third kappa shape index (κ3) is 79.6. The van der Waals surface area contributed by atoms with Gasteiger partial charge in [0.1, 0.15) is 0 Å². The van der Waals surface area contributed by atoms with Gasteiger partial charge in [-0.25, -0.2) is 0 Å². The molecule has 9 heteroatoms. The number of allylic oxidation sites excluding steroid dienone is 4. The molecule has 0 spiro atoms. The van der Waals surface area contributed by atoms with Gasteiger partial charge in [0.2, 0.25) is 0 Å². The van der Waals surface area contributed by atoms with Gasteiger partial charge in [-0.15, -0.1) is 26.3 Å². The smallest absolute Gasteiger partial charge is 0.0414 e. The van der Waals surface area contributed by atoms with Crippen LogP contribution >= 0.6 is 0 Å². The molecular formula is C44H76O8Pb-4. The van der Waals surface area contributed by atoms with Crippen LogP contribution in [0.15, 0.2) is 50.6 Å². The predicted molar refractivity (Wildman–Crippen MR) is 214 cm³/mol. The van der Waals surface area contributed by atoms with E-state index in [0.717, 1.165) is 103 Å². The summed E-state index contributed by atoms with van der Waals surface area (Å²) in [6.45, 7) is 14.6. The molecule has 0 amide bonds. The van der Waals surface area contributed by atoms with E-state index in [1.54, 1.807) is 0 Å². The van der Waals surface area contributed by atoms with Crippen molar-refractivity contribution >= 4 is 51.2 Å². The molecule has 0 rings (SSSR count). The number of carboxylic acids is 4. The summed E-state index contributed by atoms with van der Waals surface area (Å²) in [5.74, 6) is -3.70. The number of carbonyl (C=O) groups is 4. The third-order valence-electron chi connectivity index (χ3n) is 8.16. The van der Waals surface area contributed by atoms with Crippen LogP contribution in [0.1, 0.15) is 205 Å². The Labute approximate surface area is 345 Å². The van der Waals surface area contributed by atoms with Crippen molar-refractivity contribution in [2.24, 2.45) is 0 Å². The van der Waals surface area contributed by atoms with Gasteiger partial charge < -0.3 is 39.6 Å². The van der Waals surface area contributed by atoms with Crippen LogP contribution in [0, 0.1) is 0 Å². The summed E-state index contributed by atoms with van der Waals surface area (Å²) in [7, 11) is 0. The first-order chi connectivity index (χ1) is 25.1. The van der Waals surface area contributed by atoms with Gasteiger partial charge in [-0.3, -0.25) is 0 Å². The Morgan fingerprint density at radius 2 is 0.415 bits per heavy atom.